The fourth-order valence-corrected chi connectivity index (χ4v) is 8.14. The maximum absolute atomic E-state index is 13.3. The number of hydrogen-bond donors (Lipinski definition) is 5. The van der Waals surface area contributed by atoms with E-state index in [1.54, 1.807) is 0 Å². The minimum Gasteiger partial charge on any atom is -0.379 e. The average molecular weight is 893 g/mol. The highest BCUT2D eigenvalue weighted by atomic mass is 16.5. The van der Waals surface area contributed by atoms with E-state index in [1.165, 1.54) is 167 Å². The van der Waals surface area contributed by atoms with Crippen LogP contribution in [0.4, 0.5) is 0 Å². The van der Waals surface area contributed by atoms with Crippen LogP contribution in [0.15, 0.2) is 24.3 Å². The van der Waals surface area contributed by atoms with Crippen LogP contribution in [0.3, 0.4) is 0 Å². The molecule has 0 aromatic carbocycles. The van der Waals surface area contributed by atoms with Crippen LogP contribution >= 0.6 is 0 Å². The Hall–Kier alpha value is -1.33. The van der Waals surface area contributed by atoms with Crippen LogP contribution in [0, 0.1) is 0 Å². The molecule has 2 unspecified atom stereocenters. The molecule has 0 aromatic heterocycles. The van der Waals surface area contributed by atoms with Crippen molar-refractivity contribution in [3.05, 3.63) is 24.3 Å². The summed E-state index contributed by atoms with van der Waals surface area (Å²) >= 11 is 0. The highest BCUT2D eigenvalue weighted by molar-refractivity contribution is 5.81. The molecule has 0 saturated carbocycles. The van der Waals surface area contributed by atoms with Crippen LogP contribution in [0.25, 0.3) is 0 Å². The van der Waals surface area contributed by atoms with Gasteiger partial charge in [-0.3, -0.25) is 4.79 Å². The van der Waals surface area contributed by atoms with Gasteiger partial charge in [0.05, 0.1) is 39.8 Å². The van der Waals surface area contributed by atoms with Gasteiger partial charge >= 0.3 is 0 Å². The summed E-state index contributed by atoms with van der Waals surface area (Å²) in [6.07, 6.45) is 50.2. The van der Waals surface area contributed by atoms with Gasteiger partial charge in [0.2, 0.25) is 5.91 Å². The minimum atomic E-state index is -0.225. The number of hydrogen-bond acceptors (Lipinski definition) is 7. The molecule has 0 heterocycles. The second kappa shape index (κ2) is 50.1. The number of amides is 1. The molecule has 9 nitrogen and oxygen atoms in total. The van der Waals surface area contributed by atoms with Crippen LogP contribution in [-0.4, -0.2) is 109 Å². The molecule has 9 heteroatoms. The number of ether oxygens (including phenoxy) is 2. The number of rotatable bonds is 52. The molecule has 374 valence electrons. The number of carbonyl (C=O) groups is 1. The normalized spacial score (nSPS) is 13.2. The number of nitrogens with zero attached hydrogens (tertiary/aromatic N) is 1. The van der Waals surface area contributed by atoms with Crippen molar-refractivity contribution in [3.8, 4) is 0 Å². The Morgan fingerprint density at radius 2 is 1.02 bits per heavy atom. The summed E-state index contributed by atoms with van der Waals surface area (Å²) < 4.78 is 13.6. The van der Waals surface area contributed by atoms with Gasteiger partial charge in [0.15, 0.2) is 0 Å². The molecule has 0 aliphatic carbocycles. The first kappa shape index (κ1) is 61.7. The number of likely N-dealkylation sites (N-methyl/N-ethyl adjacent to an activating group) is 1. The van der Waals surface area contributed by atoms with Gasteiger partial charge in [0.1, 0.15) is 12.6 Å². The third-order valence-electron chi connectivity index (χ3n) is 12.3. The van der Waals surface area contributed by atoms with Gasteiger partial charge in [-0.05, 0) is 123 Å². The Morgan fingerprint density at radius 3 is 1.52 bits per heavy atom. The van der Waals surface area contributed by atoms with Gasteiger partial charge in [-0.1, -0.05) is 154 Å². The molecule has 0 aliphatic rings. The highest BCUT2D eigenvalue weighted by Gasteiger charge is 2.24. The number of unbranched alkanes of at least 4 members (excludes halogenated alkanes) is 25. The standard InChI is InChI=1S/C54H110N6O3/c1-5-7-9-11-13-15-17-19-21-23-25-27-29-31-33-37-48-62-51-52(63-49-38-34-32-30-28-26-24-22-20-18-16-14-12-10-8-6-2)50-60(3,4)47-46-59-54(61)53(58-44-39-42-56)40-45-57-43-36-35-41-55/h19-22,52-53,57-58H,5-18,23-51,55-56H2,1-4H3/p+1. The zero-order chi connectivity index (χ0) is 46.0. The average Bonchev–Trinajstić information content (AvgIpc) is 3.27. The minimum absolute atomic E-state index is 0.0453. The molecule has 2 atom stereocenters. The second-order valence-electron chi connectivity index (χ2n) is 19.3. The van der Waals surface area contributed by atoms with Gasteiger partial charge in [-0.2, -0.15) is 0 Å². The summed E-state index contributed by atoms with van der Waals surface area (Å²) in [4.78, 5) is 13.3. The molecule has 0 rings (SSSR count). The fraction of sp³-hybridized carbons (Fsp3) is 0.907. The highest BCUT2D eigenvalue weighted by Crippen LogP contribution is 2.13. The van der Waals surface area contributed by atoms with Crippen LogP contribution in [-0.2, 0) is 14.3 Å². The number of nitrogens with one attached hydrogen (secondary N) is 3. The van der Waals surface area contributed by atoms with E-state index in [1.807, 2.05) is 0 Å². The summed E-state index contributed by atoms with van der Waals surface area (Å²) in [6.45, 7) is 12.9. The van der Waals surface area contributed by atoms with Gasteiger partial charge in [-0.15, -0.1) is 0 Å². The van der Waals surface area contributed by atoms with Crippen LogP contribution < -0.4 is 27.4 Å². The molecule has 0 spiro atoms. The Morgan fingerprint density at radius 1 is 0.540 bits per heavy atom. The third kappa shape index (κ3) is 47.0. The Labute approximate surface area is 392 Å². The van der Waals surface area contributed by atoms with E-state index >= 15 is 0 Å². The Bertz CT molecular complexity index is 979. The second-order valence-corrected chi connectivity index (χ2v) is 19.3. The molecular formula is C54H111N6O3+. The van der Waals surface area contributed by atoms with E-state index in [9.17, 15) is 4.79 Å². The number of allylic oxidation sites excluding steroid dienone is 4. The molecular weight excluding hydrogens is 781 g/mol. The molecule has 0 saturated heterocycles. The van der Waals surface area contributed by atoms with E-state index < -0.39 is 0 Å². The molecule has 1 amide bonds. The number of quaternary nitrogens is 1. The monoisotopic (exact) mass is 892 g/mol. The lowest BCUT2D eigenvalue weighted by Gasteiger charge is -2.33. The van der Waals surface area contributed by atoms with E-state index in [-0.39, 0.29) is 18.1 Å². The zero-order valence-electron chi connectivity index (χ0n) is 42.7. The molecule has 0 bridgehead atoms. The fourth-order valence-electron chi connectivity index (χ4n) is 8.14. The van der Waals surface area contributed by atoms with E-state index in [0.717, 1.165) is 95.5 Å². The first-order valence-corrected chi connectivity index (χ1v) is 27.3. The zero-order valence-corrected chi connectivity index (χ0v) is 42.7. The van der Waals surface area contributed by atoms with Crippen molar-refractivity contribution in [1.82, 2.24) is 16.0 Å². The molecule has 63 heavy (non-hydrogen) atoms. The summed E-state index contributed by atoms with van der Waals surface area (Å²) in [5.41, 5.74) is 11.4. The van der Waals surface area contributed by atoms with Crippen molar-refractivity contribution in [2.24, 2.45) is 11.5 Å². The first-order valence-electron chi connectivity index (χ1n) is 27.3. The van der Waals surface area contributed by atoms with Gasteiger partial charge in [-0.25, -0.2) is 0 Å². The van der Waals surface area contributed by atoms with Crippen LogP contribution in [0.2, 0.25) is 0 Å². The molecule has 0 radical (unpaired) electrons. The molecule has 0 fully saturated rings. The molecule has 0 aromatic rings. The third-order valence-corrected chi connectivity index (χ3v) is 12.3. The quantitative estimate of drug-likeness (QED) is 0.0234. The van der Waals surface area contributed by atoms with E-state index in [0.29, 0.717) is 19.7 Å². The summed E-state index contributed by atoms with van der Waals surface area (Å²) in [5, 5.41) is 10.1. The van der Waals surface area contributed by atoms with Gasteiger partial charge in [0.25, 0.3) is 0 Å². The summed E-state index contributed by atoms with van der Waals surface area (Å²) in [6, 6.07) is -0.225. The molecule has 0 aliphatic heterocycles. The first-order chi connectivity index (χ1) is 30.9. The van der Waals surface area contributed by atoms with Crippen molar-refractivity contribution >= 4 is 5.91 Å². The van der Waals surface area contributed by atoms with Crippen LogP contribution in [0.5, 0.6) is 0 Å². The van der Waals surface area contributed by atoms with Crippen LogP contribution in [0.1, 0.15) is 219 Å². The topological polar surface area (TPSA) is 124 Å². The Kier molecular flexibility index (Phi) is 49.0. The van der Waals surface area contributed by atoms with Crippen molar-refractivity contribution in [1.29, 1.82) is 0 Å². The number of carbonyl (C=O) groups excluding carboxylic acids is 1. The lowest BCUT2D eigenvalue weighted by atomic mass is 10.1. The van der Waals surface area contributed by atoms with Crippen molar-refractivity contribution in [3.63, 3.8) is 0 Å². The molecule has 7 N–H and O–H groups in total. The van der Waals surface area contributed by atoms with Crippen molar-refractivity contribution in [2.45, 2.75) is 231 Å². The maximum Gasteiger partial charge on any atom is 0.237 e. The van der Waals surface area contributed by atoms with E-state index in [4.69, 9.17) is 20.9 Å². The predicted molar refractivity (Wildman–Crippen MR) is 276 cm³/mol. The van der Waals surface area contributed by atoms with E-state index in [2.05, 4.69) is 68.2 Å². The van der Waals surface area contributed by atoms with Gasteiger partial charge < -0.3 is 41.4 Å². The summed E-state index contributed by atoms with van der Waals surface area (Å²) in [7, 11) is 4.50. The van der Waals surface area contributed by atoms with Crippen molar-refractivity contribution in [2.75, 3.05) is 86.3 Å². The summed E-state index contributed by atoms with van der Waals surface area (Å²) in [5.74, 6) is 0.0718. The Balaban J connectivity index is 4.64. The largest absolute Gasteiger partial charge is 0.379 e. The van der Waals surface area contributed by atoms with Gasteiger partial charge in [0, 0.05) is 13.2 Å². The maximum atomic E-state index is 13.3. The lowest BCUT2D eigenvalue weighted by Crippen LogP contribution is -2.53. The smallest absolute Gasteiger partial charge is 0.237 e. The number of nitrogens with two attached hydrogens (primary N) is 2. The lowest BCUT2D eigenvalue weighted by molar-refractivity contribution is -0.892. The van der Waals surface area contributed by atoms with Crippen molar-refractivity contribution < 1.29 is 18.8 Å². The SMILES string of the molecule is CCCCCCCCC=CCCCCCCCCOCC(C[N+](C)(C)CCNC(=O)C(CCNCCCCN)NCCCN)OCCCCCCCCC=CCCCCCCCC. The predicted octanol–water partition coefficient (Wildman–Crippen LogP) is 11.7.